The molecule has 110 valence electrons. The summed E-state index contributed by atoms with van der Waals surface area (Å²) in [6.45, 7) is 6.46. The van der Waals surface area contributed by atoms with Gasteiger partial charge >= 0.3 is 0 Å². The molecule has 0 radical (unpaired) electrons. The van der Waals surface area contributed by atoms with Crippen molar-refractivity contribution in [1.82, 2.24) is 0 Å². The maximum atomic E-state index is 13.3. The Kier molecular flexibility index (Phi) is 4.21. The van der Waals surface area contributed by atoms with Crippen molar-refractivity contribution in [3.8, 4) is 0 Å². The van der Waals surface area contributed by atoms with Crippen LogP contribution in [0.1, 0.15) is 22.3 Å². The first kappa shape index (κ1) is 15.0. The van der Waals surface area contributed by atoms with Crippen molar-refractivity contribution in [2.24, 2.45) is 0 Å². The van der Waals surface area contributed by atoms with Gasteiger partial charge in [-0.1, -0.05) is 12.1 Å². The van der Waals surface area contributed by atoms with Crippen LogP contribution in [-0.2, 0) is 6.54 Å². The van der Waals surface area contributed by atoms with Crippen molar-refractivity contribution in [2.75, 3.05) is 5.32 Å². The smallest absolute Gasteiger partial charge is 0.292 e. The van der Waals surface area contributed by atoms with Gasteiger partial charge in [0.05, 0.1) is 4.92 Å². The summed E-state index contributed by atoms with van der Waals surface area (Å²) in [5.74, 6) is -0.500. The summed E-state index contributed by atoms with van der Waals surface area (Å²) in [6.07, 6.45) is 0. The zero-order valence-electron chi connectivity index (χ0n) is 12.2. The van der Waals surface area contributed by atoms with E-state index in [-0.39, 0.29) is 11.4 Å². The summed E-state index contributed by atoms with van der Waals surface area (Å²) in [5.41, 5.74) is 4.57. The van der Waals surface area contributed by atoms with Gasteiger partial charge < -0.3 is 5.32 Å². The molecule has 0 aliphatic carbocycles. The highest BCUT2D eigenvalue weighted by molar-refractivity contribution is 5.61. The molecular weight excluding hydrogens is 271 g/mol. The normalized spacial score (nSPS) is 10.5. The third-order valence-electron chi connectivity index (χ3n) is 3.58. The van der Waals surface area contributed by atoms with Gasteiger partial charge in [0.15, 0.2) is 0 Å². The first-order valence-electron chi connectivity index (χ1n) is 6.63. The zero-order valence-corrected chi connectivity index (χ0v) is 12.2. The summed E-state index contributed by atoms with van der Waals surface area (Å²) in [5, 5.41) is 13.9. The summed E-state index contributed by atoms with van der Waals surface area (Å²) >= 11 is 0. The Morgan fingerprint density at radius 3 is 2.43 bits per heavy atom. The second-order valence-electron chi connectivity index (χ2n) is 5.14. The number of nitro benzene ring substituents is 1. The molecule has 0 spiro atoms. The van der Waals surface area contributed by atoms with E-state index >= 15 is 0 Å². The molecule has 4 nitrogen and oxygen atoms in total. The van der Waals surface area contributed by atoms with Gasteiger partial charge in [0.25, 0.3) is 5.69 Å². The number of nitrogens with zero attached hydrogens (tertiary/aromatic N) is 1. The predicted octanol–water partition coefficient (Wildman–Crippen LogP) is 4.27. The number of halogens is 1. The van der Waals surface area contributed by atoms with Gasteiger partial charge in [0.1, 0.15) is 11.5 Å². The largest absolute Gasteiger partial charge is 0.375 e. The summed E-state index contributed by atoms with van der Waals surface area (Å²) in [4.78, 5) is 10.4. The van der Waals surface area contributed by atoms with Crippen LogP contribution in [0.3, 0.4) is 0 Å². The maximum absolute atomic E-state index is 13.3. The molecule has 0 aromatic heterocycles. The lowest BCUT2D eigenvalue weighted by atomic mass is 10.0. The highest BCUT2D eigenvalue weighted by atomic mass is 19.1. The lowest BCUT2D eigenvalue weighted by Crippen LogP contribution is -2.05. The molecule has 0 aliphatic heterocycles. The van der Waals surface area contributed by atoms with E-state index in [1.165, 1.54) is 11.6 Å². The number of hydrogen-bond donors (Lipinski definition) is 1. The van der Waals surface area contributed by atoms with Crippen molar-refractivity contribution in [2.45, 2.75) is 27.3 Å². The highest BCUT2D eigenvalue weighted by Gasteiger charge is 2.14. The van der Waals surface area contributed by atoms with Crippen molar-refractivity contribution >= 4 is 11.4 Å². The van der Waals surface area contributed by atoms with E-state index in [9.17, 15) is 14.5 Å². The fraction of sp³-hybridized carbons (Fsp3) is 0.250. The van der Waals surface area contributed by atoms with Crippen LogP contribution >= 0.6 is 0 Å². The number of nitro groups is 1. The monoisotopic (exact) mass is 288 g/mol. The van der Waals surface area contributed by atoms with E-state index < -0.39 is 10.7 Å². The lowest BCUT2D eigenvalue weighted by Gasteiger charge is -2.12. The Morgan fingerprint density at radius 1 is 1.10 bits per heavy atom. The molecule has 1 N–H and O–H groups in total. The first-order chi connectivity index (χ1) is 9.88. The van der Waals surface area contributed by atoms with E-state index in [2.05, 4.69) is 11.4 Å². The molecule has 2 rings (SSSR count). The van der Waals surface area contributed by atoms with Crippen LogP contribution in [0, 0.1) is 36.7 Å². The van der Waals surface area contributed by atoms with Gasteiger partial charge in [-0.3, -0.25) is 10.1 Å². The number of anilines is 1. The lowest BCUT2D eigenvalue weighted by molar-refractivity contribution is -0.384. The molecule has 0 fully saturated rings. The van der Waals surface area contributed by atoms with Gasteiger partial charge in [-0.2, -0.15) is 0 Å². The fourth-order valence-corrected chi connectivity index (χ4v) is 2.21. The Morgan fingerprint density at radius 2 is 1.76 bits per heavy atom. The molecule has 0 amide bonds. The molecule has 2 aromatic rings. The predicted molar refractivity (Wildman–Crippen MR) is 81.0 cm³/mol. The third-order valence-corrected chi connectivity index (χ3v) is 3.58. The van der Waals surface area contributed by atoms with Crippen molar-refractivity contribution < 1.29 is 9.31 Å². The first-order valence-corrected chi connectivity index (χ1v) is 6.63. The van der Waals surface area contributed by atoms with Gasteiger partial charge in [0.2, 0.25) is 0 Å². The summed E-state index contributed by atoms with van der Waals surface area (Å²) in [6, 6.07) is 7.53. The number of nitrogens with one attached hydrogen (secondary N) is 1. The molecule has 0 saturated heterocycles. The SMILES string of the molecule is Cc1cc(C)c(CNc2cc(F)ccc2[N+](=O)[O-])cc1C. The van der Waals surface area contributed by atoms with E-state index in [1.807, 2.05) is 26.8 Å². The van der Waals surface area contributed by atoms with Crippen LogP contribution in [0.5, 0.6) is 0 Å². The number of aryl methyl sites for hydroxylation is 3. The molecule has 0 bridgehead atoms. The Bertz CT molecular complexity index is 699. The fourth-order valence-electron chi connectivity index (χ4n) is 2.21. The Labute approximate surface area is 122 Å². The number of benzene rings is 2. The molecule has 21 heavy (non-hydrogen) atoms. The quantitative estimate of drug-likeness (QED) is 0.675. The number of hydrogen-bond acceptors (Lipinski definition) is 3. The molecule has 0 saturated carbocycles. The van der Waals surface area contributed by atoms with Crippen LogP contribution in [0.15, 0.2) is 30.3 Å². The minimum Gasteiger partial charge on any atom is -0.375 e. The van der Waals surface area contributed by atoms with Crippen LogP contribution in [-0.4, -0.2) is 4.92 Å². The number of rotatable bonds is 4. The summed E-state index contributed by atoms with van der Waals surface area (Å²) < 4.78 is 13.3. The van der Waals surface area contributed by atoms with Gasteiger partial charge in [0, 0.05) is 18.7 Å². The molecule has 0 unspecified atom stereocenters. The van der Waals surface area contributed by atoms with E-state index in [0.29, 0.717) is 6.54 Å². The molecule has 0 heterocycles. The maximum Gasteiger partial charge on any atom is 0.292 e. The molecule has 0 atom stereocenters. The van der Waals surface area contributed by atoms with Crippen LogP contribution < -0.4 is 5.32 Å². The molecular formula is C16H17FN2O2. The minimum absolute atomic E-state index is 0.127. The second-order valence-corrected chi connectivity index (χ2v) is 5.14. The van der Waals surface area contributed by atoms with Gasteiger partial charge in [-0.25, -0.2) is 4.39 Å². The van der Waals surface area contributed by atoms with Crippen molar-refractivity contribution in [3.05, 3.63) is 68.5 Å². The molecule has 2 aromatic carbocycles. The third kappa shape index (κ3) is 3.37. The Balaban J connectivity index is 2.26. The zero-order chi connectivity index (χ0) is 15.6. The van der Waals surface area contributed by atoms with Crippen molar-refractivity contribution in [1.29, 1.82) is 0 Å². The van der Waals surface area contributed by atoms with Crippen LogP contribution in [0.4, 0.5) is 15.8 Å². The van der Waals surface area contributed by atoms with Gasteiger partial charge in [-0.15, -0.1) is 0 Å². The average molecular weight is 288 g/mol. The van der Waals surface area contributed by atoms with E-state index in [1.54, 1.807) is 0 Å². The average Bonchev–Trinajstić information content (AvgIpc) is 2.41. The van der Waals surface area contributed by atoms with E-state index in [4.69, 9.17) is 0 Å². The topological polar surface area (TPSA) is 55.2 Å². The highest BCUT2D eigenvalue weighted by Crippen LogP contribution is 2.26. The van der Waals surface area contributed by atoms with Gasteiger partial charge in [-0.05, 0) is 49.1 Å². The molecule has 5 heteroatoms. The van der Waals surface area contributed by atoms with Crippen LogP contribution in [0.2, 0.25) is 0 Å². The molecule has 0 aliphatic rings. The second kappa shape index (κ2) is 5.91. The Hall–Kier alpha value is -2.43. The minimum atomic E-state index is -0.519. The van der Waals surface area contributed by atoms with Crippen molar-refractivity contribution in [3.63, 3.8) is 0 Å². The standard InChI is InChI=1S/C16H17FN2O2/c1-10-6-12(3)13(7-11(10)2)9-18-15-8-14(17)4-5-16(15)19(20)21/h4-8,18H,9H2,1-3H3. The summed E-state index contributed by atoms with van der Waals surface area (Å²) in [7, 11) is 0. The van der Waals surface area contributed by atoms with E-state index in [0.717, 1.165) is 28.8 Å². The van der Waals surface area contributed by atoms with Crippen LogP contribution in [0.25, 0.3) is 0 Å².